The van der Waals surface area contributed by atoms with E-state index in [1.165, 1.54) is 11.3 Å². The van der Waals surface area contributed by atoms with Crippen LogP contribution in [0.1, 0.15) is 23.7 Å². The van der Waals surface area contributed by atoms with Crippen molar-refractivity contribution in [1.82, 2.24) is 15.2 Å². The number of carbonyl (C=O) groups excluding carboxylic acids is 2. The maximum absolute atomic E-state index is 12.8. The van der Waals surface area contributed by atoms with Gasteiger partial charge in [-0.2, -0.15) is 5.26 Å². The third-order valence-electron chi connectivity index (χ3n) is 5.37. The maximum Gasteiger partial charge on any atom is 0.252 e. The van der Waals surface area contributed by atoms with Crippen molar-refractivity contribution in [2.45, 2.75) is 25.4 Å². The molecular weight excluding hydrogens is 402 g/mol. The molecular formula is C21H25N5O3S. The third kappa shape index (κ3) is 4.35. The van der Waals surface area contributed by atoms with Gasteiger partial charge in [0.25, 0.3) is 5.91 Å². The number of aliphatic hydroxyl groups excluding tert-OH is 1. The highest BCUT2D eigenvalue weighted by molar-refractivity contribution is 7.99. The largest absolute Gasteiger partial charge is 0.400 e. The van der Waals surface area contributed by atoms with E-state index in [4.69, 9.17) is 10.4 Å². The van der Waals surface area contributed by atoms with Crippen molar-refractivity contribution >= 4 is 40.2 Å². The van der Waals surface area contributed by atoms with Crippen LogP contribution in [0.15, 0.2) is 30.5 Å². The van der Waals surface area contributed by atoms with Crippen molar-refractivity contribution in [3.63, 3.8) is 0 Å². The molecule has 2 unspecified atom stereocenters. The number of carbonyl (C=O) groups is 2. The Labute approximate surface area is 179 Å². The number of rotatable bonds is 4. The average Bonchev–Trinajstić information content (AvgIpc) is 3.26. The standard InChI is InChI=1S/C20H21N5O2S.CH4O/c1-13-5-7-24(13)14-2-3-18-17(8-14)16(4-6-22-18)20(27)23-10-19(26)25-12-28-11-15(25)9-21;1-2/h2-4,6,8,13,15H,5,7,10-12H2,1H3,(H,23,27);2H,1H3. The van der Waals surface area contributed by atoms with Gasteiger partial charge in [0.05, 0.1) is 29.6 Å². The molecule has 0 bridgehead atoms. The quantitative estimate of drug-likeness (QED) is 0.763. The highest BCUT2D eigenvalue weighted by Crippen LogP contribution is 2.30. The Morgan fingerprint density at radius 2 is 2.17 bits per heavy atom. The van der Waals surface area contributed by atoms with Gasteiger partial charge < -0.3 is 20.2 Å². The monoisotopic (exact) mass is 427 g/mol. The number of aromatic nitrogens is 1. The van der Waals surface area contributed by atoms with E-state index in [-0.39, 0.29) is 18.4 Å². The summed E-state index contributed by atoms with van der Waals surface area (Å²) in [6.45, 7) is 3.07. The summed E-state index contributed by atoms with van der Waals surface area (Å²) in [6, 6.07) is 9.84. The molecule has 2 N–H and O–H groups in total. The molecule has 30 heavy (non-hydrogen) atoms. The molecule has 4 rings (SSSR count). The fraction of sp³-hybridized carbons (Fsp3) is 0.429. The molecule has 8 nitrogen and oxygen atoms in total. The van der Waals surface area contributed by atoms with Gasteiger partial charge in [0.15, 0.2) is 0 Å². The Balaban J connectivity index is 0.00000124. The van der Waals surface area contributed by atoms with Gasteiger partial charge in [0, 0.05) is 42.7 Å². The minimum absolute atomic E-state index is 0.121. The Kier molecular flexibility index (Phi) is 7.13. The van der Waals surface area contributed by atoms with Crippen LogP contribution in [0.3, 0.4) is 0 Å². The number of thioether (sulfide) groups is 1. The van der Waals surface area contributed by atoms with E-state index in [1.54, 1.807) is 24.0 Å². The van der Waals surface area contributed by atoms with Crippen molar-refractivity contribution in [3.05, 3.63) is 36.0 Å². The number of amides is 2. The fourth-order valence-electron chi connectivity index (χ4n) is 3.56. The second-order valence-electron chi connectivity index (χ2n) is 7.08. The molecule has 2 amide bonds. The third-order valence-corrected chi connectivity index (χ3v) is 6.39. The van der Waals surface area contributed by atoms with E-state index in [9.17, 15) is 9.59 Å². The summed E-state index contributed by atoms with van der Waals surface area (Å²) < 4.78 is 0. The van der Waals surface area contributed by atoms with E-state index < -0.39 is 6.04 Å². The summed E-state index contributed by atoms with van der Waals surface area (Å²) in [4.78, 5) is 33.3. The minimum atomic E-state index is -0.419. The number of anilines is 1. The van der Waals surface area contributed by atoms with Crippen LogP contribution in [0, 0.1) is 11.3 Å². The van der Waals surface area contributed by atoms with E-state index in [2.05, 4.69) is 28.2 Å². The summed E-state index contributed by atoms with van der Waals surface area (Å²) in [5.41, 5.74) is 2.33. The number of hydrogen-bond donors (Lipinski definition) is 2. The van der Waals surface area contributed by atoms with Crippen molar-refractivity contribution in [2.24, 2.45) is 0 Å². The molecule has 9 heteroatoms. The summed E-state index contributed by atoms with van der Waals surface area (Å²) >= 11 is 1.54. The van der Waals surface area contributed by atoms with E-state index in [1.807, 2.05) is 18.2 Å². The first-order valence-corrected chi connectivity index (χ1v) is 10.9. The lowest BCUT2D eigenvalue weighted by Gasteiger charge is -2.41. The summed E-state index contributed by atoms with van der Waals surface area (Å²) in [7, 11) is 1.00. The Morgan fingerprint density at radius 3 is 2.83 bits per heavy atom. The molecule has 0 saturated carbocycles. The summed E-state index contributed by atoms with van der Waals surface area (Å²) in [6.07, 6.45) is 2.77. The molecule has 1 aromatic carbocycles. The first kappa shape index (κ1) is 21.9. The molecule has 158 valence electrons. The second-order valence-corrected chi connectivity index (χ2v) is 8.08. The molecule has 2 aliphatic rings. The number of nitriles is 1. The SMILES string of the molecule is CC1CCN1c1ccc2nccc(C(=O)NCC(=O)N3CSCC3C#N)c2c1.CO. The van der Waals surface area contributed by atoms with Gasteiger partial charge in [-0.05, 0) is 37.6 Å². The van der Waals surface area contributed by atoms with Crippen molar-refractivity contribution in [3.8, 4) is 6.07 Å². The first-order valence-electron chi connectivity index (χ1n) is 9.73. The lowest BCUT2D eigenvalue weighted by molar-refractivity contribution is -0.129. The van der Waals surface area contributed by atoms with Crippen molar-refractivity contribution in [2.75, 3.05) is 36.7 Å². The molecule has 2 saturated heterocycles. The number of pyridine rings is 1. The summed E-state index contributed by atoms with van der Waals surface area (Å²) in [5, 5.41) is 19.6. The van der Waals surface area contributed by atoms with Crippen LogP contribution in [0.5, 0.6) is 0 Å². The highest BCUT2D eigenvalue weighted by Gasteiger charge is 2.29. The van der Waals surface area contributed by atoms with Gasteiger partial charge in [0.2, 0.25) is 5.91 Å². The maximum atomic E-state index is 12.8. The molecule has 0 spiro atoms. The molecule has 3 heterocycles. The van der Waals surface area contributed by atoms with Crippen LogP contribution in [0.2, 0.25) is 0 Å². The number of hydrogen-bond acceptors (Lipinski definition) is 7. The number of aliphatic hydroxyl groups is 1. The number of nitrogens with zero attached hydrogens (tertiary/aromatic N) is 4. The highest BCUT2D eigenvalue weighted by atomic mass is 32.2. The smallest absolute Gasteiger partial charge is 0.252 e. The first-order chi connectivity index (χ1) is 14.6. The molecule has 2 aromatic rings. The molecule has 2 aliphatic heterocycles. The minimum Gasteiger partial charge on any atom is -0.400 e. The average molecular weight is 428 g/mol. The Bertz CT molecular complexity index is 977. The number of benzene rings is 1. The van der Waals surface area contributed by atoms with Crippen LogP contribution in [-0.2, 0) is 4.79 Å². The van der Waals surface area contributed by atoms with Crippen LogP contribution < -0.4 is 10.2 Å². The van der Waals surface area contributed by atoms with Crippen LogP contribution >= 0.6 is 11.8 Å². The number of nitrogens with one attached hydrogen (secondary N) is 1. The zero-order valence-electron chi connectivity index (χ0n) is 17.0. The van der Waals surface area contributed by atoms with Crippen LogP contribution in [0.25, 0.3) is 10.9 Å². The number of fused-ring (bicyclic) bond motifs is 1. The molecule has 0 aliphatic carbocycles. The van der Waals surface area contributed by atoms with E-state index in [0.29, 0.717) is 23.2 Å². The van der Waals surface area contributed by atoms with Gasteiger partial charge >= 0.3 is 0 Å². The lowest BCUT2D eigenvalue weighted by Crippen LogP contribution is -2.45. The lowest BCUT2D eigenvalue weighted by atomic mass is 10.0. The van der Waals surface area contributed by atoms with Crippen LogP contribution in [-0.4, -0.2) is 70.7 Å². The Hall–Kier alpha value is -2.83. The second kappa shape index (κ2) is 9.78. The molecule has 2 atom stereocenters. The van der Waals surface area contributed by atoms with Gasteiger partial charge in [0.1, 0.15) is 6.04 Å². The van der Waals surface area contributed by atoms with Crippen molar-refractivity contribution < 1.29 is 14.7 Å². The van der Waals surface area contributed by atoms with Gasteiger partial charge in [-0.25, -0.2) is 0 Å². The van der Waals surface area contributed by atoms with Crippen LogP contribution in [0.4, 0.5) is 5.69 Å². The molecule has 2 fully saturated rings. The molecule has 0 radical (unpaired) electrons. The van der Waals surface area contributed by atoms with Crippen molar-refractivity contribution in [1.29, 1.82) is 5.26 Å². The van der Waals surface area contributed by atoms with E-state index >= 15 is 0 Å². The van der Waals surface area contributed by atoms with E-state index in [0.717, 1.165) is 30.2 Å². The Morgan fingerprint density at radius 1 is 1.37 bits per heavy atom. The summed E-state index contributed by atoms with van der Waals surface area (Å²) in [5.74, 6) is 0.555. The fourth-order valence-corrected chi connectivity index (χ4v) is 4.66. The molecule has 1 aromatic heterocycles. The topological polar surface area (TPSA) is 110 Å². The van der Waals surface area contributed by atoms with Gasteiger partial charge in [-0.15, -0.1) is 11.8 Å². The predicted octanol–water partition coefficient (Wildman–Crippen LogP) is 1.60. The van der Waals surface area contributed by atoms with Gasteiger partial charge in [-0.3, -0.25) is 14.6 Å². The normalized spacial score (nSPS) is 20.1. The van der Waals surface area contributed by atoms with Gasteiger partial charge in [-0.1, -0.05) is 0 Å². The zero-order valence-corrected chi connectivity index (χ0v) is 17.9. The predicted molar refractivity (Wildman–Crippen MR) is 117 cm³/mol. The zero-order chi connectivity index (χ0) is 21.7.